The first-order valence-corrected chi connectivity index (χ1v) is 5.90. The Morgan fingerprint density at radius 3 is 2.56 bits per heavy atom. The maximum Gasteiger partial charge on any atom is 0.0120 e. The van der Waals surface area contributed by atoms with Gasteiger partial charge in [-0.25, -0.2) is 0 Å². The molecule has 0 fully saturated rings. The molecule has 2 atom stereocenters. The lowest BCUT2D eigenvalue weighted by Gasteiger charge is -2.29. The van der Waals surface area contributed by atoms with Crippen LogP contribution in [-0.2, 0) is 5.41 Å². The fraction of sp³-hybridized carbons (Fsp3) is 0.333. The molecule has 2 N–H and O–H groups in total. The molecule has 0 aliphatic heterocycles. The monoisotopic (exact) mass is 211 g/mol. The van der Waals surface area contributed by atoms with Crippen LogP contribution in [0.15, 0.2) is 36.4 Å². The van der Waals surface area contributed by atoms with Crippen molar-refractivity contribution in [2.24, 2.45) is 5.73 Å². The van der Waals surface area contributed by atoms with E-state index in [-0.39, 0.29) is 5.41 Å². The van der Waals surface area contributed by atoms with Crippen molar-refractivity contribution in [1.82, 2.24) is 0 Å². The molecule has 0 radical (unpaired) electrons. The maximum atomic E-state index is 6.01. The summed E-state index contributed by atoms with van der Waals surface area (Å²) < 4.78 is 0. The molecule has 16 heavy (non-hydrogen) atoms. The number of nitrogens with two attached hydrogens (primary N) is 1. The van der Waals surface area contributed by atoms with Gasteiger partial charge < -0.3 is 5.73 Å². The molecule has 0 saturated heterocycles. The summed E-state index contributed by atoms with van der Waals surface area (Å²) in [5.74, 6) is 0.513. The first-order chi connectivity index (χ1) is 7.68. The van der Waals surface area contributed by atoms with Gasteiger partial charge in [-0.1, -0.05) is 50.2 Å². The molecule has 0 unspecified atom stereocenters. The standard InChI is InChI=1S/C15H17N/c1-10-12-7-3-5-11-6-4-8-13(14(11)12)15(10,2)9-16/h3-8,10H,9,16H2,1-2H3/t10-,15+/m0/s1. The highest BCUT2D eigenvalue weighted by molar-refractivity contribution is 5.93. The smallest absolute Gasteiger partial charge is 0.0120 e. The average molecular weight is 211 g/mol. The van der Waals surface area contributed by atoms with E-state index in [1.165, 1.54) is 21.9 Å². The molecule has 2 aromatic rings. The van der Waals surface area contributed by atoms with Gasteiger partial charge in [0.2, 0.25) is 0 Å². The Labute approximate surface area is 96.3 Å². The van der Waals surface area contributed by atoms with Gasteiger partial charge >= 0.3 is 0 Å². The third-order valence-corrected chi connectivity index (χ3v) is 4.40. The molecule has 1 nitrogen and oxygen atoms in total. The van der Waals surface area contributed by atoms with Gasteiger partial charge in [-0.05, 0) is 27.8 Å². The van der Waals surface area contributed by atoms with E-state index in [0.717, 1.165) is 0 Å². The van der Waals surface area contributed by atoms with Gasteiger partial charge in [-0.3, -0.25) is 0 Å². The zero-order chi connectivity index (χ0) is 11.3. The molecule has 82 valence electrons. The lowest BCUT2D eigenvalue weighted by atomic mass is 9.76. The quantitative estimate of drug-likeness (QED) is 0.770. The van der Waals surface area contributed by atoms with Crippen molar-refractivity contribution in [3.63, 3.8) is 0 Å². The van der Waals surface area contributed by atoms with Crippen molar-refractivity contribution >= 4 is 10.8 Å². The molecule has 1 aliphatic rings. The molecule has 0 saturated carbocycles. The second kappa shape index (κ2) is 3.08. The number of hydrogen-bond donors (Lipinski definition) is 1. The van der Waals surface area contributed by atoms with Crippen LogP contribution in [0.3, 0.4) is 0 Å². The van der Waals surface area contributed by atoms with E-state index >= 15 is 0 Å². The van der Waals surface area contributed by atoms with Gasteiger partial charge in [0, 0.05) is 12.0 Å². The summed E-state index contributed by atoms with van der Waals surface area (Å²) in [6.07, 6.45) is 0. The largest absolute Gasteiger partial charge is 0.330 e. The van der Waals surface area contributed by atoms with Crippen LogP contribution in [0.25, 0.3) is 10.8 Å². The molecular formula is C15H17N. The van der Waals surface area contributed by atoms with E-state index < -0.39 is 0 Å². The first kappa shape index (κ1) is 9.86. The van der Waals surface area contributed by atoms with Crippen molar-refractivity contribution in [2.45, 2.75) is 25.2 Å². The second-order valence-corrected chi connectivity index (χ2v) is 5.09. The van der Waals surface area contributed by atoms with E-state index in [4.69, 9.17) is 5.73 Å². The number of hydrogen-bond acceptors (Lipinski definition) is 1. The minimum atomic E-state index is 0.100. The molecule has 2 aromatic carbocycles. The Morgan fingerprint density at radius 1 is 1.19 bits per heavy atom. The molecule has 3 rings (SSSR count). The number of rotatable bonds is 1. The topological polar surface area (TPSA) is 26.0 Å². The Morgan fingerprint density at radius 2 is 1.88 bits per heavy atom. The van der Waals surface area contributed by atoms with E-state index in [1.807, 2.05) is 0 Å². The molecular weight excluding hydrogens is 194 g/mol. The summed E-state index contributed by atoms with van der Waals surface area (Å²) in [5, 5.41) is 2.78. The fourth-order valence-electron chi connectivity index (χ4n) is 3.07. The van der Waals surface area contributed by atoms with Crippen LogP contribution in [0.2, 0.25) is 0 Å². The minimum absolute atomic E-state index is 0.100. The maximum absolute atomic E-state index is 6.01. The predicted molar refractivity (Wildman–Crippen MR) is 68.8 cm³/mol. The minimum Gasteiger partial charge on any atom is -0.330 e. The zero-order valence-electron chi connectivity index (χ0n) is 9.83. The Balaban J connectivity index is 2.44. The van der Waals surface area contributed by atoms with Crippen LogP contribution in [0.5, 0.6) is 0 Å². The second-order valence-electron chi connectivity index (χ2n) is 5.09. The van der Waals surface area contributed by atoms with Crippen molar-refractivity contribution in [3.8, 4) is 0 Å². The van der Waals surface area contributed by atoms with E-state index in [1.54, 1.807) is 0 Å². The normalized spacial score (nSPS) is 27.6. The van der Waals surface area contributed by atoms with Crippen LogP contribution < -0.4 is 5.73 Å². The van der Waals surface area contributed by atoms with Crippen molar-refractivity contribution < 1.29 is 0 Å². The van der Waals surface area contributed by atoms with Crippen LogP contribution in [-0.4, -0.2) is 6.54 Å². The summed E-state index contributed by atoms with van der Waals surface area (Å²) in [7, 11) is 0. The number of benzene rings is 2. The summed E-state index contributed by atoms with van der Waals surface area (Å²) in [6, 6.07) is 13.2. The summed E-state index contributed by atoms with van der Waals surface area (Å²) in [5.41, 5.74) is 9.00. The molecule has 0 heterocycles. The molecule has 0 amide bonds. The van der Waals surface area contributed by atoms with E-state index in [9.17, 15) is 0 Å². The third-order valence-electron chi connectivity index (χ3n) is 4.40. The fourth-order valence-corrected chi connectivity index (χ4v) is 3.07. The van der Waals surface area contributed by atoms with Crippen LogP contribution >= 0.6 is 0 Å². The van der Waals surface area contributed by atoms with Gasteiger partial charge in [0.25, 0.3) is 0 Å². The Bertz CT molecular complexity index is 553. The van der Waals surface area contributed by atoms with E-state index in [2.05, 4.69) is 50.2 Å². The van der Waals surface area contributed by atoms with Gasteiger partial charge in [-0.2, -0.15) is 0 Å². The van der Waals surface area contributed by atoms with Crippen molar-refractivity contribution in [3.05, 3.63) is 47.5 Å². The van der Waals surface area contributed by atoms with Gasteiger partial charge in [-0.15, -0.1) is 0 Å². The molecule has 0 aromatic heterocycles. The third kappa shape index (κ3) is 0.992. The Kier molecular flexibility index (Phi) is 1.90. The van der Waals surface area contributed by atoms with Crippen LogP contribution in [0, 0.1) is 0 Å². The highest BCUT2D eigenvalue weighted by atomic mass is 14.6. The highest BCUT2D eigenvalue weighted by Crippen LogP contribution is 2.49. The predicted octanol–water partition coefficient (Wildman–Crippen LogP) is 3.17. The molecule has 1 aliphatic carbocycles. The highest BCUT2D eigenvalue weighted by Gasteiger charge is 2.40. The van der Waals surface area contributed by atoms with Gasteiger partial charge in [0.15, 0.2) is 0 Å². The molecule has 0 spiro atoms. The van der Waals surface area contributed by atoms with Crippen molar-refractivity contribution in [2.75, 3.05) is 6.54 Å². The zero-order valence-corrected chi connectivity index (χ0v) is 9.83. The van der Waals surface area contributed by atoms with Gasteiger partial charge in [0.05, 0.1) is 0 Å². The summed E-state index contributed by atoms with van der Waals surface area (Å²) >= 11 is 0. The lowest BCUT2D eigenvalue weighted by molar-refractivity contribution is 0.426. The van der Waals surface area contributed by atoms with Crippen LogP contribution in [0.4, 0.5) is 0 Å². The van der Waals surface area contributed by atoms with Crippen molar-refractivity contribution in [1.29, 1.82) is 0 Å². The first-order valence-electron chi connectivity index (χ1n) is 5.90. The Hall–Kier alpha value is -1.34. The molecule has 0 bridgehead atoms. The van der Waals surface area contributed by atoms with E-state index in [0.29, 0.717) is 12.5 Å². The SMILES string of the molecule is C[C@H]1c2cccc3cccc(c23)[C@]1(C)CN. The van der Waals surface area contributed by atoms with Gasteiger partial charge in [0.1, 0.15) is 0 Å². The average Bonchev–Trinajstić information content (AvgIpc) is 2.55. The molecule has 1 heteroatoms. The summed E-state index contributed by atoms with van der Waals surface area (Å²) in [4.78, 5) is 0. The lowest BCUT2D eigenvalue weighted by Crippen LogP contribution is -2.33. The van der Waals surface area contributed by atoms with Crippen LogP contribution in [0.1, 0.15) is 30.9 Å². The summed E-state index contributed by atoms with van der Waals surface area (Å²) in [6.45, 7) is 5.29.